The summed E-state index contributed by atoms with van der Waals surface area (Å²) in [6.45, 7) is 0.222. The van der Waals surface area contributed by atoms with Gasteiger partial charge in [-0.2, -0.15) is 0 Å². The Bertz CT molecular complexity index is 932. The van der Waals surface area contributed by atoms with Crippen LogP contribution in [-0.2, 0) is 9.53 Å². The van der Waals surface area contributed by atoms with E-state index in [2.05, 4.69) is 0 Å². The first-order valence-electron chi connectivity index (χ1n) is 9.09. The van der Waals surface area contributed by atoms with Crippen LogP contribution in [0.3, 0.4) is 0 Å². The summed E-state index contributed by atoms with van der Waals surface area (Å²) < 4.78 is 5.16. The highest BCUT2D eigenvalue weighted by Gasteiger charge is 2.35. The third-order valence-electron chi connectivity index (χ3n) is 4.94. The van der Waals surface area contributed by atoms with Crippen LogP contribution in [0.2, 0.25) is 0 Å². The van der Waals surface area contributed by atoms with E-state index in [1.165, 1.54) is 0 Å². The fraction of sp³-hybridized carbons (Fsp3) is 0.238. The zero-order chi connectivity index (χ0) is 19.7. The fourth-order valence-electron chi connectivity index (χ4n) is 3.42. The van der Waals surface area contributed by atoms with Gasteiger partial charge in [-0.1, -0.05) is 12.1 Å². The number of anilines is 1. The van der Waals surface area contributed by atoms with Crippen LogP contribution in [0.5, 0.6) is 0 Å². The summed E-state index contributed by atoms with van der Waals surface area (Å²) >= 11 is 0. The number of esters is 1. The first-order valence-corrected chi connectivity index (χ1v) is 9.09. The molecular formula is C21H18N2O5. The molecule has 2 aliphatic rings. The molecule has 2 heterocycles. The first-order chi connectivity index (χ1) is 13.6. The van der Waals surface area contributed by atoms with E-state index >= 15 is 0 Å². The minimum atomic E-state index is -0.645. The Hall–Kier alpha value is -3.48. The molecule has 0 atom stereocenters. The molecule has 0 radical (unpaired) electrons. The standard InChI is InChI=1S/C21H18N2O5/c24-18-7-3-4-12-22(18)15-10-8-14(9-11-15)21(27)28-13-23-19(25)16-5-1-2-6-17(16)20(23)26/h1-2,5-6,8-11H,3-4,7,12-13H2. The van der Waals surface area contributed by atoms with Crippen LogP contribution in [-0.4, -0.2) is 41.9 Å². The van der Waals surface area contributed by atoms with Crippen LogP contribution in [0.1, 0.15) is 50.3 Å². The van der Waals surface area contributed by atoms with Crippen LogP contribution in [0.4, 0.5) is 5.69 Å². The molecule has 0 bridgehead atoms. The first kappa shape index (κ1) is 17.9. The predicted octanol–water partition coefficient (Wildman–Crippen LogP) is 2.61. The second kappa shape index (κ2) is 7.26. The van der Waals surface area contributed by atoms with Crippen LogP contribution in [0.15, 0.2) is 48.5 Å². The minimum absolute atomic E-state index is 0.0761. The van der Waals surface area contributed by atoms with E-state index in [0.29, 0.717) is 24.1 Å². The number of carbonyl (C=O) groups is 4. The third kappa shape index (κ3) is 3.15. The van der Waals surface area contributed by atoms with Gasteiger partial charge in [0.2, 0.25) is 5.91 Å². The van der Waals surface area contributed by atoms with Crippen molar-refractivity contribution in [2.45, 2.75) is 19.3 Å². The quantitative estimate of drug-likeness (QED) is 0.603. The molecular weight excluding hydrogens is 360 g/mol. The number of nitrogens with zero attached hydrogens (tertiary/aromatic N) is 2. The number of piperidine rings is 1. The van der Waals surface area contributed by atoms with Gasteiger partial charge in [0.25, 0.3) is 11.8 Å². The monoisotopic (exact) mass is 378 g/mol. The van der Waals surface area contributed by atoms with Crippen molar-refractivity contribution in [3.8, 4) is 0 Å². The number of imide groups is 1. The van der Waals surface area contributed by atoms with Gasteiger partial charge in [0.05, 0.1) is 16.7 Å². The van der Waals surface area contributed by atoms with Crippen molar-refractivity contribution < 1.29 is 23.9 Å². The Morgan fingerprint density at radius 2 is 1.54 bits per heavy atom. The van der Waals surface area contributed by atoms with Crippen molar-refractivity contribution >= 4 is 29.4 Å². The van der Waals surface area contributed by atoms with E-state index in [-0.39, 0.29) is 11.5 Å². The van der Waals surface area contributed by atoms with Gasteiger partial charge in [-0.15, -0.1) is 0 Å². The van der Waals surface area contributed by atoms with Crippen molar-refractivity contribution in [1.82, 2.24) is 4.90 Å². The number of ether oxygens (including phenoxy) is 1. The van der Waals surface area contributed by atoms with Crippen LogP contribution in [0, 0.1) is 0 Å². The van der Waals surface area contributed by atoms with Gasteiger partial charge < -0.3 is 9.64 Å². The molecule has 0 aromatic heterocycles. The maximum atomic E-state index is 12.3. The van der Waals surface area contributed by atoms with Gasteiger partial charge in [0.1, 0.15) is 0 Å². The van der Waals surface area contributed by atoms with Gasteiger partial charge in [0.15, 0.2) is 6.73 Å². The van der Waals surface area contributed by atoms with Gasteiger partial charge in [-0.25, -0.2) is 9.69 Å². The van der Waals surface area contributed by atoms with Crippen LogP contribution >= 0.6 is 0 Å². The van der Waals surface area contributed by atoms with E-state index in [1.54, 1.807) is 53.4 Å². The molecule has 142 valence electrons. The molecule has 0 N–H and O–H groups in total. The summed E-state index contributed by atoms with van der Waals surface area (Å²) in [5.74, 6) is -1.53. The minimum Gasteiger partial charge on any atom is -0.440 e. The summed E-state index contributed by atoms with van der Waals surface area (Å²) in [7, 11) is 0. The molecule has 0 saturated carbocycles. The molecule has 1 fully saturated rings. The zero-order valence-corrected chi connectivity index (χ0v) is 15.1. The molecule has 2 aliphatic heterocycles. The molecule has 28 heavy (non-hydrogen) atoms. The maximum absolute atomic E-state index is 12.3. The summed E-state index contributed by atoms with van der Waals surface area (Å²) in [4.78, 5) is 51.4. The molecule has 4 rings (SSSR count). The summed E-state index contributed by atoms with van der Waals surface area (Å²) in [5.41, 5.74) is 1.63. The van der Waals surface area contributed by atoms with Gasteiger partial charge in [-0.3, -0.25) is 14.4 Å². The van der Waals surface area contributed by atoms with E-state index in [0.717, 1.165) is 23.4 Å². The van der Waals surface area contributed by atoms with Crippen LogP contribution in [0.25, 0.3) is 0 Å². The average Bonchev–Trinajstić information content (AvgIpc) is 2.97. The molecule has 7 nitrogen and oxygen atoms in total. The Balaban J connectivity index is 1.40. The van der Waals surface area contributed by atoms with E-state index in [4.69, 9.17) is 4.74 Å². The lowest BCUT2D eigenvalue weighted by atomic mass is 10.1. The molecule has 0 spiro atoms. The summed E-state index contributed by atoms with van der Waals surface area (Å²) in [6, 6.07) is 13.0. The average molecular weight is 378 g/mol. The van der Waals surface area contributed by atoms with E-state index in [9.17, 15) is 19.2 Å². The van der Waals surface area contributed by atoms with E-state index in [1.807, 2.05) is 0 Å². The number of carbonyl (C=O) groups excluding carboxylic acids is 4. The Kier molecular flexibility index (Phi) is 4.65. The van der Waals surface area contributed by atoms with Crippen LogP contribution < -0.4 is 4.90 Å². The van der Waals surface area contributed by atoms with Crippen molar-refractivity contribution in [3.63, 3.8) is 0 Å². The van der Waals surface area contributed by atoms with Gasteiger partial charge in [0, 0.05) is 18.7 Å². The topological polar surface area (TPSA) is 84.0 Å². The highest BCUT2D eigenvalue weighted by atomic mass is 16.5. The fourth-order valence-corrected chi connectivity index (χ4v) is 3.42. The molecule has 3 amide bonds. The van der Waals surface area contributed by atoms with Gasteiger partial charge >= 0.3 is 5.97 Å². The number of fused-ring (bicyclic) bond motifs is 1. The highest BCUT2D eigenvalue weighted by molar-refractivity contribution is 6.21. The molecule has 7 heteroatoms. The Labute approximate surface area is 161 Å². The lowest BCUT2D eigenvalue weighted by molar-refractivity contribution is -0.119. The second-order valence-corrected chi connectivity index (χ2v) is 6.69. The predicted molar refractivity (Wildman–Crippen MR) is 99.9 cm³/mol. The summed E-state index contributed by atoms with van der Waals surface area (Å²) in [6.07, 6.45) is 2.39. The lowest BCUT2D eigenvalue weighted by Gasteiger charge is -2.26. The Morgan fingerprint density at radius 3 is 2.14 bits per heavy atom. The van der Waals surface area contributed by atoms with Crippen molar-refractivity contribution in [2.75, 3.05) is 18.2 Å². The lowest BCUT2D eigenvalue weighted by Crippen LogP contribution is -2.35. The Morgan fingerprint density at radius 1 is 0.893 bits per heavy atom. The SMILES string of the molecule is O=C(OCN1C(=O)c2ccccc2C1=O)c1ccc(N2CCCCC2=O)cc1. The normalized spacial score (nSPS) is 16.4. The largest absolute Gasteiger partial charge is 0.440 e. The second-order valence-electron chi connectivity index (χ2n) is 6.69. The van der Waals surface area contributed by atoms with Crippen molar-refractivity contribution in [1.29, 1.82) is 0 Å². The summed E-state index contributed by atoms with van der Waals surface area (Å²) in [5, 5.41) is 0. The van der Waals surface area contributed by atoms with Crippen molar-refractivity contribution in [3.05, 3.63) is 65.2 Å². The number of rotatable bonds is 4. The molecule has 2 aromatic rings. The highest BCUT2D eigenvalue weighted by Crippen LogP contribution is 2.23. The molecule has 0 unspecified atom stereocenters. The van der Waals surface area contributed by atoms with Crippen molar-refractivity contribution in [2.24, 2.45) is 0 Å². The smallest absolute Gasteiger partial charge is 0.339 e. The zero-order valence-electron chi connectivity index (χ0n) is 15.1. The number of hydrogen-bond acceptors (Lipinski definition) is 5. The molecule has 2 aromatic carbocycles. The maximum Gasteiger partial charge on any atom is 0.339 e. The molecule has 0 aliphatic carbocycles. The number of amides is 3. The number of benzene rings is 2. The molecule has 1 saturated heterocycles. The van der Waals surface area contributed by atoms with E-state index < -0.39 is 24.5 Å². The van der Waals surface area contributed by atoms with Gasteiger partial charge in [-0.05, 0) is 49.2 Å². The third-order valence-corrected chi connectivity index (χ3v) is 4.94. The number of hydrogen-bond donors (Lipinski definition) is 0.